The molecule has 208 valence electrons. The van der Waals surface area contributed by atoms with Gasteiger partial charge in [-0.1, -0.05) is 0 Å². The minimum absolute atomic E-state index is 0.485. The lowest BCUT2D eigenvalue weighted by atomic mass is 10.4. The predicted molar refractivity (Wildman–Crippen MR) is 150 cm³/mol. The Balaban J connectivity index is 1.89. The van der Waals surface area contributed by atoms with E-state index in [1.54, 1.807) is 0 Å². The lowest BCUT2D eigenvalue weighted by molar-refractivity contribution is 0.838. The lowest BCUT2D eigenvalue weighted by Gasteiger charge is -2.12. The number of anilines is 6. The van der Waals surface area contributed by atoms with Crippen molar-refractivity contribution in [2.24, 2.45) is 22.9 Å². The molecular formula is C21H44N16. The van der Waals surface area contributed by atoms with Crippen molar-refractivity contribution in [3.05, 3.63) is 0 Å². The van der Waals surface area contributed by atoms with Gasteiger partial charge >= 0.3 is 0 Å². The van der Waals surface area contributed by atoms with Gasteiger partial charge in [-0.2, -0.15) is 29.9 Å². The Hall–Kier alpha value is -3.34. The zero-order chi connectivity index (χ0) is 26.6. The second-order valence-electron chi connectivity index (χ2n) is 8.10. The van der Waals surface area contributed by atoms with Crippen molar-refractivity contribution in [3.8, 4) is 0 Å². The van der Waals surface area contributed by atoms with E-state index in [0.29, 0.717) is 101 Å². The first-order chi connectivity index (χ1) is 18.2. The third kappa shape index (κ3) is 13.0. The molecular weight excluding hydrogens is 476 g/mol. The minimum atomic E-state index is 0.485. The van der Waals surface area contributed by atoms with E-state index < -0.39 is 0 Å². The van der Waals surface area contributed by atoms with Crippen LogP contribution in [-0.2, 0) is 0 Å². The second-order valence-corrected chi connectivity index (χ2v) is 8.10. The van der Waals surface area contributed by atoms with E-state index in [9.17, 15) is 0 Å². The third-order valence-corrected chi connectivity index (χ3v) is 4.85. The smallest absolute Gasteiger partial charge is 0.229 e. The molecule has 0 aliphatic rings. The Kier molecular flexibility index (Phi) is 15.2. The van der Waals surface area contributed by atoms with Gasteiger partial charge in [-0.15, -0.1) is 0 Å². The minimum Gasteiger partial charge on any atom is -0.354 e. The maximum atomic E-state index is 5.58. The van der Waals surface area contributed by atoms with Crippen LogP contribution in [0.3, 0.4) is 0 Å². The third-order valence-electron chi connectivity index (χ3n) is 4.85. The van der Waals surface area contributed by atoms with E-state index in [4.69, 9.17) is 22.9 Å². The van der Waals surface area contributed by atoms with Gasteiger partial charge in [0.1, 0.15) is 0 Å². The highest BCUT2D eigenvalue weighted by molar-refractivity contribution is 5.43. The van der Waals surface area contributed by atoms with E-state index in [2.05, 4.69) is 61.8 Å². The topological polar surface area (TPSA) is 254 Å². The summed E-state index contributed by atoms with van der Waals surface area (Å²) in [7, 11) is 0. The highest BCUT2D eigenvalue weighted by Gasteiger charge is 2.08. The summed E-state index contributed by atoms with van der Waals surface area (Å²) >= 11 is 0. The number of hydrogen-bond acceptors (Lipinski definition) is 16. The molecule has 0 amide bonds. The summed E-state index contributed by atoms with van der Waals surface area (Å²) in [5, 5.41) is 19.2. The van der Waals surface area contributed by atoms with Crippen LogP contribution in [0.1, 0.15) is 32.1 Å². The fourth-order valence-corrected chi connectivity index (χ4v) is 2.92. The molecule has 0 fully saturated rings. The van der Waals surface area contributed by atoms with Gasteiger partial charge in [0.25, 0.3) is 0 Å². The Bertz CT molecular complexity index is 740. The van der Waals surface area contributed by atoms with Gasteiger partial charge in [-0.25, -0.2) is 0 Å². The van der Waals surface area contributed by atoms with Crippen molar-refractivity contribution < 1.29 is 0 Å². The van der Waals surface area contributed by atoms with Crippen LogP contribution in [0.5, 0.6) is 0 Å². The van der Waals surface area contributed by atoms with E-state index >= 15 is 0 Å². The average Bonchev–Trinajstić information content (AvgIpc) is 2.89. The molecule has 0 atom stereocenters. The van der Waals surface area contributed by atoms with Gasteiger partial charge in [-0.05, 0) is 58.3 Å². The fraction of sp³-hybridized carbons (Fsp3) is 0.714. The van der Waals surface area contributed by atoms with Crippen LogP contribution in [0.15, 0.2) is 0 Å². The first-order valence-corrected chi connectivity index (χ1v) is 12.9. The van der Waals surface area contributed by atoms with Crippen molar-refractivity contribution in [3.63, 3.8) is 0 Å². The van der Waals surface area contributed by atoms with Gasteiger partial charge in [-0.3, -0.25) is 0 Å². The highest BCUT2D eigenvalue weighted by Crippen LogP contribution is 2.11. The van der Waals surface area contributed by atoms with Gasteiger partial charge in [0.05, 0.1) is 0 Å². The van der Waals surface area contributed by atoms with Crippen molar-refractivity contribution in [2.45, 2.75) is 32.1 Å². The monoisotopic (exact) mass is 520 g/mol. The van der Waals surface area contributed by atoms with Gasteiger partial charge in [0, 0.05) is 39.3 Å². The molecule has 0 radical (unpaired) electrons. The zero-order valence-corrected chi connectivity index (χ0v) is 21.6. The average molecular weight is 521 g/mol. The van der Waals surface area contributed by atoms with Crippen LogP contribution < -0.4 is 54.8 Å². The lowest BCUT2D eigenvalue weighted by Crippen LogP contribution is -2.18. The summed E-state index contributed by atoms with van der Waals surface area (Å²) in [5.41, 5.74) is 22.3. The van der Waals surface area contributed by atoms with Crippen molar-refractivity contribution >= 4 is 35.7 Å². The first kappa shape index (κ1) is 29.9. The molecule has 2 aromatic heterocycles. The van der Waals surface area contributed by atoms with E-state index in [1.165, 1.54) is 0 Å². The largest absolute Gasteiger partial charge is 0.354 e. The summed E-state index contributed by atoms with van der Waals surface area (Å²) in [6, 6.07) is 0. The number of hydrogen-bond donors (Lipinski definition) is 10. The van der Waals surface area contributed by atoms with Crippen LogP contribution in [0.25, 0.3) is 0 Å². The molecule has 0 saturated carbocycles. The fourth-order valence-electron chi connectivity index (χ4n) is 2.92. The normalized spacial score (nSPS) is 10.7. The molecule has 2 heterocycles. The molecule has 0 aromatic carbocycles. The molecule has 14 N–H and O–H groups in total. The van der Waals surface area contributed by atoms with Crippen LogP contribution in [0.2, 0.25) is 0 Å². The predicted octanol–water partition coefficient (Wildman–Crippen LogP) is -0.986. The molecule has 37 heavy (non-hydrogen) atoms. The Labute approximate surface area is 218 Å². The van der Waals surface area contributed by atoms with Gasteiger partial charge < -0.3 is 54.8 Å². The second kappa shape index (κ2) is 18.9. The Morgan fingerprint density at radius 2 is 0.514 bits per heavy atom. The molecule has 0 aliphatic heterocycles. The quantitative estimate of drug-likeness (QED) is 0.0836. The van der Waals surface area contributed by atoms with Gasteiger partial charge in [0.2, 0.25) is 35.7 Å². The molecule has 0 saturated heterocycles. The van der Waals surface area contributed by atoms with E-state index in [0.717, 1.165) is 32.1 Å². The molecule has 2 rings (SSSR count). The van der Waals surface area contributed by atoms with E-state index in [1.807, 2.05) is 0 Å². The number of rotatable bonds is 22. The van der Waals surface area contributed by atoms with Crippen molar-refractivity contribution in [2.75, 3.05) is 97.3 Å². The van der Waals surface area contributed by atoms with E-state index in [-0.39, 0.29) is 0 Å². The summed E-state index contributed by atoms with van der Waals surface area (Å²) in [5.74, 6) is 2.95. The molecule has 16 heteroatoms. The van der Waals surface area contributed by atoms with Crippen LogP contribution in [0, 0.1) is 0 Å². The van der Waals surface area contributed by atoms with Crippen LogP contribution in [0.4, 0.5) is 35.7 Å². The zero-order valence-electron chi connectivity index (χ0n) is 21.6. The highest BCUT2D eigenvalue weighted by atomic mass is 15.3. The number of nitrogens with zero attached hydrogens (tertiary/aromatic N) is 6. The Morgan fingerprint density at radius 3 is 0.703 bits per heavy atom. The summed E-state index contributed by atoms with van der Waals surface area (Å²) in [6.45, 7) is 6.38. The van der Waals surface area contributed by atoms with Crippen LogP contribution >= 0.6 is 0 Å². The number of nitrogens with one attached hydrogen (secondary N) is 6. The number of nitrogens with two attached hydrogens (primary N) is 4. The molecule has 0 unspecified atom stereocenters. The van der Waals surface area contributed by atoms with Gasteiger partial charge in [0.15, 0.2) is 0 Å². The molecule has 0 aliphatic carbocycles. The standard InChI is InChI=1S/C21H44N16/c22-6-1-10-26-16-32-17(27-11-2-7-23)35-20(34-16)30-14-5-15-31-21-36-18(28-12-3-8-24)33-19(37-21)29-13-4-9-25/h1-15,22-25H2,(H3,26,27,30,32,34,35)(H3,28,29,31,33,36,37). The summed E-state index contributed by atoms with van der Waals surface area (Å²) < 4.78 is 0. The summed E-state index contributed by atoms with van der Waals surface area (Å²) in [4.78, 5) is 26.6. The maximum Gasteiger partial charge on any atom is 0.229 e. The Morgan fingerprint density at radius 1 is 0.324 bits per heavy atom. The van der Waals surface area contributed by atoms with Crippen LogP contribution in [-0.4, -0.2) is 95.4 Å². The molecule has 2 aromatic rings. The van der Waals surface area contributed by atoms with Crippen molar-refractivity contribution in [1.29, 1.82) is 0 Å². The maximum absolute atomic E-state index is 5.58. The SMILES string of the molecule is NCCCNc1nc(NCCCN)nc(NCCCNc2nc(NCCCN)nc(NCCCN)n2)n1. The number of aromatic nitrogens is 6. The summed E-state index contributed by atoms with van der Waals surface area (Å²) in [6.07, 6.45) is 4.06. The molecule has 0 bridgehead atoms. The molecule has 16 nitrogen and oxygen atoms in total. The van der Waals surface area contributed by atoms with Crippen molar-refractivity contribution in [1.82, 2.24) is 29.9 Å². The first-order valence-electron chi connectivity index (χ1n) is 12.9. The molecule has 0 spiro atoms.